The number of likely N-dealkylation sites (N-methyl/N-ethyl adjacent to an activating group) is 1. The highest BCUT2D eigenvalue weighted by Gasteiger charge is 2.30. The highest BCUT2D eigenvalue weighted by molar-refractivity contribution is 9.10. The Kier molecular flexibility index (Phi) is 5.23. The van der Waals surface area contributed by atoms with Gasteiger partial charge in [0.2, 0.25) is 0 Å². The number of fused-ring (bicyclic) bond motifs is 2. The molecule has 1 atom stereocenters. The molecule has 1 aromatic heterocycles. The molecule has 5 rings (SSSR count). The Morgan fingerprint density at radius 1 is 1.03 bits per heavy atom. The van der Waals surface area contributed by atoms with Gasteiger partial charge >= 0.3 is 5.69 Å². The maximum absolute atomic E-state index is 13.4. The highest BCUT2D eigenvalue weighted by Crippen LogP contribution is 2.32. The molecule has 32 heavy (non-hydrogen) atoms. The Bertz CT molecular complexity index is 1460. The Morgan fingerprint density at radius 2 is 1.81 bits per heavy atom. The second kappa shape index (κ2) is 8.07. The fraction of sp³-hybridized carbons (Fsp3) is 0.125. The van der Waals surface area contributed by atoms with Crippen LogP contribution in [0.5, 0.6) is 0 Å². The number of hydrogen-bond donors (Lipinski definition) is 2. The molecule has 1 aliphatic heterocycles. The van der Waals surface area contributed by atoms with Crippen molar-refractivity contribution in [3.05, 3.63) is 97.3 Å². The number of anilines is 1. The Morgan fingerprint density at radius 3 is 2.62 bits per heavy atom. The molecule has 0 bridgehead atoms. The van der Waals surface area contributed by atoms with Gasteiger partial charge in [0, 0.05) is 34.1 Å². The number of amides is 1. The molecule has 0 radical (unpaired) electrons. The summed E-state index contributed by atoms with van der Waals surface area (Å²) in [6.45, 7) is 0. The van der Waals surface area contributed by atoms with E-state index < -0.39 is 6.04 Å². The Hall–Kier alpha value is -3.16. The van der Waals surface area contributed by atoms with Crippen LogP contribution in [0.3, 0.4) is 0 Å². The van der Waals surface area contributed by atoms with Crippen molar-refractivity contribution in [3.8, 4) is 0 Å². The number of halogens is 2. The van der Waals surface area contributed by atoms with Crippen molar-refractivity contribution in [2.75, 3.05) is 11.9 Å². The number of carbonyl (C=O) groups excluding carboxylic acids is 1. The third-order valence-corrected chi connectivity index (χ3v) is 6.64. The largest absolute Gasteiger partial charge is 0.323 e. The van der Waals surface area contributed by atoms with E-state index in [4.69, 9.17) is 16.6 Å². The van der Waals surface area contributed by atoms with Gasteiger partial charge in [-0.05, 0) is 42.0 Å². The second-order valence-corrected chi connectivity index (χ2v) is 8.98. The number of benzene rings is 3. The second-order valence-electron chi connectivity index (χ2n) is 7.69. The maximum atomic E-state index is 13.4. The summed E-state index contributed by atoms with van der Waals surface area (Å²) in [4.78, 5) is 37.3. The predicted molar refractivity (Wildman–Crippen MR) is 131 cm³/mol. The standard InChI is InChI=1S/C24H18BrClN4O2/c1-30-21-9-7-15(26)12-16(21)22(14-6-8-18-19(11-14)29-24(32)28-18)27-20(23(30)31)10-13-4-2-3-5-17(13)25/h2-9,11-12,20H,10H2,1H3,(H2,28,29,32). The molecule has 0 saturated heterocycles. The summed E-state index contributed by atoms with van der Waals surface area (Å²) in [5.74, 6) is -0.101. The molecule has 0 aliphatic carbocycles. The monoisotopic (exact) mass is 508 g/mol. The third-order valence-electron chi connectivity index (χ3n) is 5.64. The zero-order valence-corrected chi connectivity index (χ0v) is 19.4. The van der Waals surface area contributed by atoms with E-state index in [9.17, 15) is 9.59 Å². The van der Waals surface area contributed by atoms with Crippen LogP contribution in [-0.2, 0) is 11.2 Å². The van der Waals surface area contributed by atoms with E-state index in [1.54, 1.807) is 18.0 Å². The number of aliphatic imine (C=N–C) groups is 1. The first-order valence-corrected chi connectivity index (χ1v) is 11.2. The average Bonchev–Trinajstić information content (AvgIpc) is 3.12. The summed E-state index contributed by atoms with van der Waals surface area (Å²) in [5.41, 5.74) is 5.04. The summed E-state index contributed by atoms with van der Waals surface area (Å²) in [6, 6.07) is 18.2. The minimum Gasteiger partial charge on any atom is -0.313 e. The fourth-order valence-electron chi connectivity index (χ4n) is 4.03. The molecular weight excluding hydrogens is 492 g/mol. The van der Waals surface area contributed by atoms with Gasteiger partial charge in [-0.2, -0.15) is 0 Å². The van der Waals surface area contributed by atoms with Gasteiger partial charge in [0.15, 0.2) is 0 Å². The van der Waals surface area contributed by atoms with Crippen molar-refractivity contribution in [1.29, 1.82) is 0 Å². The number of nitrogens with zero attached hydrogens (tertiary/aromatic N) is 2. The third kappa shape index (κ3) is 3.67. The van der Waals surface area contributed by atoms with E-state index in [2.05, 4.69) is 25.9 Å². The van der Waals surface area contributed by atoms with Crippen molar-refractivity contribution in [1.82, 2.24) is 9.97 Å². The van der Waals surface area contributed by atoms with E-state index in [0.717, 1.165) is 26.9 Å². The van der Waals surface area contributed by atoms with E-state index in [1.807, 2.05) is 54.6 Å². The maximum Gasteiger partial charge on any atom is 0.323 e. The van der Waals surface area contributed by atoms with Crippen molar-refractivity contribution in [2.24, 2.45) is 4.99 Å². The van der Waals surface area contributed by atoms with Crippen LogP contribution < -0.4 is 10.6 Å². The molecule has 160 valence electrons. The van der Waals surface area contributed by atoms with Gasteiger partial charge in [0.1, 0.15) is 6.04 Å². The molecule has 4 aromatic rings. The molecule has 1 unspecified atom stereocenters. The number of aromatic amines is 2. The molecule has 2 N–H and O–H groups in total. The Labute approximate surface area is 197 Å². The molecular formula is C24H18BrClN4O2. The zero-order valence-electron chi connectivity index (χ0n) is 17.0. The molecule has 3 aromatic carbocycles. The van der Waals surface area contributed by atoms with Crippen LogP contribution in [0, 0.1) is 0 Å². The van der Waals surface area contributed by atoms with Gasteiger partial charge in [-0.3, -0.25) is 9.79 Å². The topological polar surface area (TPSA) is 81.3 Å². The summed E-state index contributed by atoms with van der Waals surface area (Å²) in [5, 5.41) is 0.553. The molecule has 1 amide bonds. The van der Waals surface area contributed by atoms with E-state index >= 15 is 0 Å². The summed E-state index contributed by atoms with van der Waals surface area (Å²) in [6.07, 6.45) is 0.444. The number of benzodiazepines with no additional fused rings is 1. The lowest BCUT2D eigenvalue weighted by Crippen LogP contribution is -2.36. The van der Waals surface area contributed by atoms with Gasteiger partial charge in [0.25, 0.3) is 5.91 Å². The van der Waals surface area contributed by atoms with Crippen molar-refractivity contribution >= 4 is 55.9 Å². The predicted octanol–water partition coefficient (Wildman–Crippen LogP) is 4.70. The van der Waals surface area contributed by atoms with Crippen molar-refractivity contribution < 1.29 is 4.79 Å². The van der Waals surface area contributed by atoms with E-state index in [1.165, 1.54) is 0 Å². The first kappa shape index (κ1) is 20.7. The summed E-state index contributed by atoms with van der Waals surface area (Å²) in [7, 11) is 1.76. The number of aromatic nitrogens is 2. The summed E-state index contributed by atoms with van der Waals surface area (Å²) >= 11 is 9.91. The van der Waals surface area contributed by atoms with Crippen LogP contribution in [0.1, 0.15) is 16.7 Å². The summed E-state index contributed by atoms with van der Waals surface area (Å²) < 4.78 is 0.934. The number of imidazole rings is 1. The van der Waals surface area contributed by atoms with Crippen LogP contribution in [0.4, 0.5) is 5.69 Å². The van der Waals surface area contributed by atoms with Crippen LogP contribution in [-0.4, -0.2) is 34.7 Å². The first-order valence-electron chi connectivity index (χ1n) is 10.0. The van der Waals surface area contributed by atoms with Gasteiger partial charge < -0.3 is 14.9 Å². The van der Waals surface area contributed by atoms with Gasteiger partial charge in [-0.1, -0.05) is 51.8 Å². The Balaban J connectivity index is 1.71. The smallest absolute Gasteiger partial charge is 0.313 e. The molecule has 0 saturated carbocycles. The van der Waals surface area contributed by atoms with Crippen LogP contribution in [0.15, 0.2) is 74.9 Å². The lowest BCUT2D eigenvalue weighted by atomic mass is 9.99. The average molecular weight is 510 g/mol. The molecule has 8 heteroatoms. The lowest BCUT2D eigenvalue weighted by Gasteiger charge is -2.21. The lowest BCUT2D eigenvalue weighted by molar-refractivity contribution is -0.119. The number of H-pyrrole nitrogens is 2. The minimum absolute atomic E-state index is 0.101. The normalized spacial score (nSPS) is 16.1. The number of carbonyl (C=O) groups is 1. The first-order chi connectivity index (χ1) is 15.4. The van der Waals surface area contributed by atoms with E-state index in [-0.39, 0.29) is 11.6 Å². The molecule has 6 nitrogen and oxygen atoms in total. The van der Waals surface area contributed by atoms with Crippen LogP contribution >= 0.6 is 27.5 Å². The van der Waals surface area contributed by atoms with Crippen LogP contribution in [0.25, 0.3) is 11.0 Å². The van der Waals surface area contributed by atoms with Crippen molar-refractivity contribution in [2.45, 2.75) is 12.5 Å². The molecule has 1 aliphatic rings. The molecule has 0 spiro atoms. The quantitative estimate of drug-likeness (QED) is 0.420. The van der Waals surface area contributed by atoms with E-state index in [0.29, 0.717) is 28.2 Å². The van der Waals surface area contributed by atoms with Crippen molar-refractivity contribution in [3.63, 3.8) is 0 Å². The molecule has 2 heterocycles. The zero-order chi connectivity index (χ0) is 22.4. The SMILES string of the molecule is CN1C(=O)C(Cc2ccccc2Br)N=C(c2ccc3[nH]c(=O)[nH]c3c2)c2cc(Cl)ccc21. The molecule has 0 fully saturated rings. The van der Waals surface area contributed by atoms with Gasteiger partial charge in [-0.25, -0.2) is 4.79 Å². The number of nitrogens with one attached hydrogen (secondary N) is 2. The van der Waals surface area contributed by atoms with Gasteiger partial charge in [-0.15, -0.1) is 0 Å². The minimum atomic E-state index is -0.624. The van der Waals surface area contributed by atoms with Gasteiger partial charge in [0.05, 0.1) is 22.4 Å². The number of rotatable bonds is 3. The fourth-order valence-corrected chi connectivity index (χ4v) is 4.65. The number of hydrogen-bond acceptors (Lipinski definition) is 3. The van der Waals surface area contributed by atoms with Crippen LogP contribution in [0.2, 0.25) is 5.02 Å². The highest BCUT2D eigenvalue weighted by atomic mass is 79.9.